The first kappa shape index (κ1) is 18.5. The van der Waals surface area contributed by atoms with Gasteiger partial charge < -0.3 is 14.8 Å². The molecule has 6 heteroatoms. The Hall–Kier alpha value is -3.28. The molecule has 3 aromatic rings. The molecule has 0 saturated carbocycles. The molecule has 0 unspecified atom stereocenters. The number of ether oxygens (including phenoxy) is 2. The van der Waals surface area contributed by atoms with E-state index in [-0.39, 0.29) is 5.91 Å². The van der Waals surface area contributed by atoms with Gasteiger partial charge in [-0.25, -0.2) is 0 Å². The Morgan fingerprint density at radius 1 is 1.00 bits per heavy atom. The molecule has 2 aromatic carbocycles. The standard InChI is InChI=1S/C21H23N3O3/c1-14(25)22-13-15-5-7-16(8-6-15)20-12-21(24(2)23-20)17-9-18(26-3)11-19(10-17)27-4/h5-12H,13H2,1-4H3,(H,22,25). The smallest absolute Gasteiger partial charge is 0.217 e. The number of amides is 1. The first-order valence-corrected chi connectivity index (χ1v) is 8.61. The van der Waals surface area contributed by atoms with Gasteiger partial charge in [-0.1, -0.05) is 24.3 Å². The topological polar surface area (TPSA) is 65.4 Å². The van der Waals surface area contributed by atoms with Crippen LogP contribution in [0.15, 0.2) is 48.5 Å². The number of carbonyl (C=O) groups is 1. The number of hydrogen-bond donors (Lipinski definition) is 1. The van der Waals surface area contributed by atoms with Crippen LogP contribution in [0.1, 0.15) is 12.5 Å². The molecule has 1 amide bonds. The highest BCUT2D eigenvalue weighted by atomic mass is 16.5. The van der Waals surface area contributed by atoms with E-state index in [1.807, 2.05) is 60.3 Å². The first-order chi connectivity index (χ1) is 13.0. The highest BCUT2D eigenvalue weighted by molar-refractivity contribution is 5.73. The van der Waals surface area contributed by atoms with E-state index in [1.54, 1.807) is 14.2 Å². The van der Waals surface area contributed by atoms with Gasteiger partial charge >= 0.3 is 0 Å². The lowest BCUT2D eigenvalue weighted by Crippen LogP contribution is -2.18. The van der Waals surface area contributed by atoms with Gasteiger partial charge in [-0.2, -0.15) is 5.10 Å². The zero-order chi connectivity index (χ0) is 19.4. The molecule has 0 saturated heterocycles. The maximum absolute atomic E-state index is 11.0. The summed E-state index contributed by atoms with van der Waals surface area (Å²) in [6, 6.07) is 15.8. The van der Waals surface area contributed by atoms with Crippen molar-refractivity contribution in [2.75, 3.05) is 14.2 Å². The minimum absolute atomic E-state index is 0.0397. The summed E-state index contributed by atoms with van der Waals surface area (Å²) in [7, 11) is 5.18. The zero-order valence-corrected chi connectivity index (χ0v) is 15.9. The third-order valence-electron chi connectivity index (χ3n) is 4.32. The van der Waals surface area contributed by atoms with Crippen molar-refractivity contribution in [1.82, 2.24) is 15.1 Å². The number of rotatable bonds is 6. The number of hydrogen-bond acceptors (Lipinski definition) is 4. The van der Waals surface area contributed by atoms with Crippen molar-refractivity contribution < 1.29 is 14.3 Å². The summed E-state index contributed by atoms with van der Waals surface area (Å²) in [6.45, 7) is 2.03. The number of nitrogens with one attached hydrogen (secondary N) is 1. The number of methoxy groups -OCH3 is 2. The van der Waals surface area contributed by atoms with Crippen LogP contribution in [-0.2, 0) is 18.4 Å². The second-order valence-corrected chi connectivity index (χ2v) is 6.25. The van der Waals surface area contributed by atoms with Gasteiger partial charge in [0, 0.05) is 37.7 Å². The molecule has 0 bridgehead atoms. The largest absolute Gasteiger partial charge is 0.497 e. The Balaban J connectivity index is 1.89. The van der Waals surface area contributed by atoms with Gasteiger partial charge in [-0.3, -0.25) is 9.48 Å². The average Bonchev–Trinajstić information content (AvgIpc) is 3.08. The van der Waals surface area contributed by atoms with Crippen LogP contribution in [0.4, 0.5) is 0 Å². The number of nitrogens with zero attached hydrogens (tertiary/aromatic N) is 2. The number of carbonyl (C=O) groups excluding carboxylic acids is 1. The lowest BCUT2D eigenvalue weighted by Gasteiger charge is -2.08. The second kappa shape index (κ2) is 7.95. The van der Waals surface area contributed by atoms with Crippen LogP contribution in [0.25, 0.3) is 22.5 Å². The van der Waals surface area contributed by atoms with Crippen molar-refractivity contribution in [3.8, 4) is 34.0 Å². The number of benzene rings is 2. The van der Waals surface area contributed by atoms with Crippen LogP contribution in [0.2, 0.25) is 0 Å². The third-order valence-corrected chi connectivity index (χ3v) is 4.32. The fourth-order valence-corrected chi connectivity index (χ4v) is 2.85. The van der Waals surface area contributed by atoms with Crippen molar-refractivity contribution in [2.24, 2.45) is 7.05 Å². The van der Waals surface area contributed by atoms with Crippen molar-refractivity contribution in [2.45, 2.75) is 13.5 Å². The van der Waals surface area contributed by atoms with Crippen molar-refractivity contribution in [1.29, 1.82) is 0 Å². The van der Waals surface area contributed by atoms with E-state index in [0.29, 0.717) is 6.54 Å². The molecule has 0 atom stereocenters. The molecule has 0 fully saturated rings. The fourth-order valence-electron chi connectivity index (χ4n) is 2.85. The summed E-state index contributed by atoms with van der Waals surface area (Å²) >= 11 is 0. The summed E-state index contributed by atoms with van der Waals surface area (Å²) < 4.78 is 12.6. The van der Waals surface area contributed by atoms with E-state index in [1.165, 1.54) is 6.92 Å². The van der Waals surface area contributed by atoms with Crippen molar-refractivity contribution in [3.05, 3.63) is 54.1 Å². The van der Waals surface area contributed by atoms with E-state index < -0.39 is 0 Å². The zero-order valence-electron chi connectivity index (χ0n) is 15.9. The van der Waals surface area contributed by atoms with Gasteiger partial charge in [0.25, 0.3) is 0 Å². The Labute approximate surface area is 158 Å². The fraction of sp³-hybridized carbons (Fsp3) is 0.238. The Bertz CT molecular complexity index is 924. The lowest BCUT2D eigenvalue weighted by molar-refractivity contribution is -0.119. The minimum atomic E-state index is -0.0397. The van der Waals surface area contributed by atoms with Crippen LogP contribution >= 0.6 is 0 Å². The highest BCUT2D eigenvalue weighted by Gasteiger charge is 2.12. The normalized spacial score (nSPS) is 10.5. The van der Waals surface area contributed by atoms with Crippen molar-refractivity contribution >= 4 is 5.91 Å². The SMILES string of the molecule is COc1cc(OC)cc(-c2cc(-c3ccc(CNC(C)=O)cc3)nn2C)c1. The lowest BCUT2D eigenvalue weighted by atomic mass is 10.1. The molecule has 6 nitrogen and oxygen atoms in total. The van der Waals surface area contributed by atoms with Gasteiger partial charge in [0.15, 0.2) is 0 Å². The highest BCUT2D eigenvalue weighted by Crippen LogP contribution is 2.31. The third kappa shape index (κ3) is 4.28. The van der Waals surface area contributed by atoms with Gasteiger partial charge in [0.2, 0.25) is 5.91 Å². The van der Waals surface area contributed by atoms with Crippen LogP contribution in [0.3, 0.4) is 0 Å². The van der Waals surface area contributed by atoms with Crippen LogP contribution in [-0.4, -0.2) is 29.9 Å². The Morgan fingerprint density at radius 2 is 1.63 bits per heavy atom. The summed E-state index contributed by atoms with van der Waals surface area (Å²) in [5, 5.41) is 7.43. The van der Waals surface area contributed by atoms with Crippen LogP contribution in [0, 0.1) is 0 Å². The second-order valence-electron chi connectivity index (χ2n) is 6.25. The quantitative estimate of drug-likeness (QED) is 0.727. The van der Waals surface area contributed by atoms with Crippen molar-refractivity contribution in [3.63, 3.8) is 0 Å². The Morgan fingerprint density at radius 3 is 2.19 bits per heavy atom. The van der Waals surface area contributed by atoms with Crippen LogP contribution < -0.4 is 14.8 Å². The summed E-state index contributed by atoms with van der Waals surface area (Å²) in [5.41, 5.74) is 4.86. The summed E-state index contributed by atoms with van der Waals surface area (Å²) in [5.74, 6) is 1.42. The average molecular weight is 365 g/mol. The molecule has 1 aromatic heterocycles. The monoisotopic (exact) mass is 365 g/mol. The minimum Gasteiger partial charge on any atom is -0.497 e. The molecular formula is C21H23N3O3. The number of aryl methyl sites for hydroxylation is 1. The van der Waals surface area contributed by atoms with Gasteiger partial charge in [-0.05, 0) is 23.8 Å². The molecule has 0 aliphatic heterocycles. The van der Waals surface area contributed by atoms with Gasteiger partial charge in [-0.15, -0.1) is 0 Å². The molecule has 140 valence electrons. The maximum Gasteiger partial charge on any atom is 0.217 e. The molecule has 0 spiro atoms. The van der Waals surface area contributed by atoms with E-state index in [9.17, 15) is 4.79 Å². The molecule has 1 heterocycles. The van der Waals surface area contributed by atoms with E-state index >= 15 is 0 Å². The Kier molecular flexibility index (Phi) is 5.45. The van der Waals surface area contributed by atoms with E-state index in [4.69, 9.17) is 9.47 Å². The number of aromatic nitrogens is 2. The molecule has 1 N–H and O–H groups in total. The molecular weight excluding hydrogens is 342 g/mol. The van der Waals surface area contributed by atoms with E-state index in [2.05, 4.69) is 10.4 Å². The summed E-state index contributed by atoms with van der Waals surface area (Å²) in [4.78, 5) is 11.0. The van der Waals surface area contributed by atoms with Gasteiger partial charge in [0.1, 0.15) is 11.5 Å². The van der Waals surface area contributed by atoms with Crippen LogP contribution in [0.5, 0.6) is 11.5 Å². The van der Waals surface area contributed by atoms with Gasteiger partial charge in [0.05, 0.1) is 25.6 Å². The molecule has 0 aliphatic rings. The summed E-state index contributed by atoms with van der Waals surface area (Å²) in [6.07, 6.45) is 0. The molecule has 27 heavy (non-hydrogen) atoms. The van der Waals surface area contributed by atoms with E-state index in [0.717, 1.165) is 39.6 Å². The predicted octanol–water partition coefficient (Wildman–Crippen LogP) is 3.41. The molecule has 3 rings (SSSR count). The molecule has 0 aliphatic carbocycles. The predicted molar refractivity (Wildman–Crippen MR) is 105 cm³/mol. The maximum atomic E-state index is 11.0. The first-order valence-electron chi connectivity index (χ1n) is 8.61. The molecule has 0 radical (unpaired) electrons.